The van der Waals surface area contributed by atoms with Crippen LogP contribution in [0.2, 0.25) is 5.02 Å². The lowest BCUT2D eigenvalue weighted by Gasteiger charge is -2.39. The summed E-state index contributed by atoms with van der Waals surface area (Å²) in [5, 5.41) is 10.1. The molecule has 0 aliphatic carbocycles. The fourth-order valence-electron chi connectivity index (χ4n) is 4.40. The highest BCUT2D eigenvalue weighted by Gasteiger charge is 2.32. The number of oxazole rings is 1. The average molecular weight is 467 g/mol. The van der Waals surface area contributed by atoms with Crippen molar-refractivity contribution in [3.63, 3.8) is 0 Å². The summed E-state index contributed by atoms with van der Waals surface area (Å²) >= 11 is 5.93. The van der Waals surface area contributed by atoms with Crippen molar-refractivity contribution in [3.8, 4) is 17.7 Å². The van der Waals surface area contributed by atoms with E-state index in [9.17, 15) is 10.1 Å². The van der Waals surface area contributed by atoms with Gasteiger partial charge in [0.1, 0.15) is 11.9 Å². The van der Waals surface area contributed by atoms with Crippen LogP contribution in [0.5, 0.6) is 0 Å². The van der Waals surface area contributed by atoms with Gasteiger partial charge in [0.15, 0.2) is 5.76 Å². The van der Waals surface area contributed by atoms with E-state index < -0.39 is 0 Å². The number of hydrogen-bond donors (Lipinski definition) is 0. The van der Waals surface area contributed by atoms with E-state index in [1.54, 1.807) is 18.3 Å². The van der Waals surface area contributed by atoms with Crippen LogP contribution in [0.3, 0.4) is 0 Å². The number of piperazine rings is 1. The third kappa shape index (κ3) is 4.39. The quantitative estimate of drug-likeness (QED) is 0.576. The van der Waals surface area contributed by atoms with Crippen LogP contribution in [-0.4, -0.2) is 60.0 Å². The van der Waals surface area contributed by atoms with Crippen molar-refractivity contribution >= 4 is 29.2 Å². The van der Waals surface area contributed by atoms with E-state index in [2.05, 4.69) is 20.9 Å². The van der Waals surface area contributed by atoms with E-state index in [1.807, 2.05) is 21.9 Å². The molecule has 0 aromatic carbocycles. The van der Waals surface area contributed by atoms with E-state index >= 15 is 0 Å². The fraction of sp³-hybridized carbons (Fsp3) is 0.391. The Hall–Kier alpha value is -3.51. The molecule has 2 fully saturated rings. The lowest BCUT2D eigenvalue weighted by molar-refractivity contribution is -0.136. The largest absolute Gasteiger partial charge is 0.459 e. The van der Waals surface area contributed by atoms with Crippen molar-refractivity contribution in [3.05, 3.63) is 47.4 Å². The minimum Gasteiger partial charge on any atom is -0.459 e. The number of amides is 1. The summed E-state index contributed by atoms with van der Waals surface area (Å²) in [6, 6.07) is 9.33. The van der Waals surface area contributed by atoms with E-state index in [0.717, 1.165) is 18.9 Å². The molecule has 3 aromatic heterocycles. The predicted molar refractivity (Wildman–Crippen MR) is 122 cm³/mol. The first kappa shape index (κ1) is 21.3. The predicted octanol–water partition coefficient (Wildman–Crippen LogP) is 3.42. The van der Waals surface area contributed by atoms with Crippen molar-refractivity contribution in [2.45, 2.75) is 12.8 Å². The molecule has 5 rings (SSSR count). The Morgan fingerprint density at radius 3 is 2.52 bits per heavy atom. The van der Waals surface area contributed by atoms with Gasteiger partial charge in [-0.05, 0) is 37.1 Å². The van der Waals surface area contributed by atoms with Crippen LogP contribution in [0.25, 0.3) is 11.7 Å². The highest BCUT2D eigenvalue weighted by molar-refractivity contribution is 6.30. The zero-order chi connectivity index (χ0) is 22.8. The SMILES string of the molecule is N#Cc1nc(-c2ccco2)oc1N1CCC(C(=O)N2CCN(c3ccc(Cl)cn3)CC2)CC1. The molecule has 0 spiro atoms. The molecule has 2 aliphatic heterocycles. The van der Waals surface area contributed by atoms with Gasteiger partial charge in [0.2, 0.25) is 17.5 Å². The highest BCUT2D eigenvalue weighted by atomic mass is 35.5. The van der Waals surface area contributed by atoms with Gasteiger partial charge in [0.05, 0.1) is 11.3 Å². The highest BCUT2D eigenvalue weighted by Crippen LogP contribution is 2.32. The molecule has 0 radical (unpaired) electrons. The van der Waals surface area contributed by atoms with Gasteiger partial charge in [-0.1, -0.05) is 11.6 Å². The maximum Gasteiger partial charge on any atom is 0.266 e. The van der Waals surface area contributed by atoms with Crippen molar-refractivity contribution < 1.29 is 13.6 Å². The number of nitrogens with zero attached hydrogens (tertiary/aromatic N) is 6. The number of aromatic nitrogens is 2. The van der Waals surface area contributed by atoms with Gasteiger partial charge in [-0.15, -0.1) is 0 Å². The first-order chi connectivity index (χ1) is 16.1. The van der Waals surface area contributed by atoms with Crippen LogP contribution in [-0.2, 0) is 4.79 Å². The van der Waals surface area contributed by atoms with Crippen LogP contribution in [0, 0.1) is 17.2 Å². The van der Waals surface area contributed by atoms with Gasteiger partial charge in [-0.3, -0.25) is 4.79 Å². The van der Waals surface area contributed by atoms with Gasteiger partial charge < -0.3 is 23.5 Å². The van der Waals surface area contributed by atoms with Gasteiger partial charge >= 0.3 is 0 Å². The monoisotopic (exact) mass is 466 g/mol. The lowest BCUT2D eigenvalue weighted by atomic mass is 9.95. The number of pyridine rings is 1. The van der Waals surface area contributed by atoms with Crippen LogP contribution in [0.1, 0.15) is 18.5 Å². The Labute approximate surface area is 196 Å². The van der Waals surface area contributed by atoms with Crippen LogP contribution >= 0.6 is 11.6 Å². The second kappa shape index (κ2) is 9.16. The minimum atomic E-state index is -0.0283. The molecule has 0 N–H and O–H groups in total. The molecule has 2 saturated heterocycles. The maximum atomic E-state index is 13.1. The number of furan rings is 1. The molecule has 33 heavy (non-hydrogen) atoms. The zero-order valence-electron chi connectivity index (χ0n) is 18.0. The van der Waals surface area contributed by atoms with Gasteiger partial charge in [-0.25, -0.2) is 4.98 Å². The third-order valence-electron chi connectivity index (χ3n) is 6.21. The van der Waals surface area contributed by atoms with E-state index in [1.165, 1.54) is 6.26 Å². The molecular formula is C23H23ClN6O3. The van der Waals surface area contributed by atoms with Gasteiger partial charge in [0, 0.05) is 51.4 Å². The Morgan fingerprint density at radius 1 is 1.09 bits per heavy atom. The number of carbonyl (C=O) groups is 1. The van der Waals surface area contributed by atoms with Crippen molar-refractivity contribution in [2.24, 2.45) is 5.92 Å². The average Bonchev–Trinajstić information content (AvgIpc) is 3.54. The molecule has 3 aromatic rings. The number of piperidine rings is 1. The summed E-state index contributed by atoms with van der Waals surface area (Å²) in [5.41, 5.74) is 0.234. The van der Waals surface area contributed by atoms with Crippen LogP contribution < -0.4 is 9.80 Å². The Kier molecular flexibility index (Phi) is 5.92. The van der Waals surface area contributed by atoms with Crippen molar-refractivity contribution in [2.75, 3.05) is 49.1 Å². The molecule has 170 valence electrons. The maximum absolute atomic E-state index is 13.1. The molecular weight excluding hydrogens is 444 g/mol. The summed E-state index contributed by atoms with van der Waals surface area (Å²) in [7, 11) is 0. The topological polar surface area (TPSA) is 103 Å². The fourth-order valence-corrected chi connectivity index (χ4v) is 4.52. The summed E-state index contributed by atoms with van der Waals surface area (Å²) in [6.07, 6.45) is 4.60. The minimum absolute atomic E-state index is 0.0283. The van der Waals surface area contributed by atoms with E-state index in [4.69, 9.17) is 20.4 Å². The second-order valence-corrected chi connectivity index (χ2v) is 8.61. The first-order valence-corrected chi connectivity index (χ1v) is 11.3. The number of anilines is 2. The van der Waals surface area contributed by atoms with Crippen molar-refractivity contribution in [1.82, 2.24) is 14.9 Å². The second-order valence-electron chi connectivity index (χ2n) is 8.17. The summed E-state index contributed by atoms with van der Waals surface area (Å²) in [4.78, 5) is 27.9. The molecule has 1 amide bonds. The lowest BCUT2D eigenvalue weighted by Crippen LogP contribution is -2.52. The number of hydrogen-bond acceptors (Lipinski definition) is 8. The van der Waals surface area contributed by atoms with E-state index in [0.29, 0.717) is 55.7 Å². The molecule has 2 aliphatic rings. The number of carbonyl (C=O) groups excluding carboxylic acids is 1. The van der Waals surface area contributed by atoms with Crippen LogP contribution in [0.15, 0.2) is 45.6 Å². The summed E-state index contributed by atoms with van der Waals surface area (Å²) in [5.74, 6) is 2.27. The van der Waals surface area contributed by atoms with Gasteiger partial charge in [-0.2, -0.15) is 10.2 Å². The summed E-state index contributed by atoms with van der Waals surface area (Å²) in [6.45, 7) is 4.11. The normalized spacial score (nSPS) is 17.3. The van der Waals surface area contributed by atoms with Gasteiger partial charge in [0.25, 0.3) is 5.89 Å². The Balaban J connectivity index is 1.17. The molecule has 0 saturated carbocycles. The standard InChI is InChI=1S/C23H23ClN6O3/c24-17-3-4-20(26-15-17)28-9-11-29(12-10-28)22(31)16-5-7-30(8-6-16)23-18(14-25)27-21(33-23)19-2-1-13-32-19/h1-4,13,15-16H,5-12H2. The molecule has 0 unspecified atom stereocenters. The number of nitriles is 1. The number of rotatable bonds is 4. The van der Waals surface area contributed by atoms with E-state index in [-0.39, 0.29) is 23.4 Å². The zero-order valence-corrected chi connectivity index (χ0v) is 18.7. The smallest absolute Gasteiger partial charge is 0.266 e. The first-order valence-electron chi connectivity index (χ1n) is 11.0. The Morgan fingerprint density at radius 2 is 1.88 bits per heavy atom. The molecule has 5 heterocycles. The summed E-state index contributed by atoms with van der Waals surface area (Å²) < 4.78 is 11.2. The molecule has 0 bridgehead atoms. The molecule has 10 heteroatoms. The molecule has 0 atom stereocenters. The third-order valence-corrected chi connectivity index (χ3v) is 6.43. The van der Waals surface area contributed by atoms with Crippen molar-refractivity contribution in [1.29, 1.82) is 5.26 Å². The number of halogens is 1. The Bertz CT molecular complexity index is 1140. The van der Waals surface area contributed by atoms with Crippen LogP contribution in [0.4, 0.5) is 11.7 Å². The molecule has 9 nitrogen and oxygen atoms in total.